The fourth-order valence-corrected chi connectivity index (χ4v) is 1.66. The van der Waals surface area contributed by atoms with Crippen molar-refractivity contribution in [3.8, 4) is 11.3 Å². The largest absolute Gasteiger partial charge is 0.394 e. The van der Waals surface area contributed by atoms with Gasteiger partial charge in [-0.15, -0.1) is 0 Å². The summed E-state index contributed by atoms with van der Waals surface area (Å²) in [6, 6.07) is 10.2. The standard InChI is InChI=1S/C12H14N2O/c1-10-3-2-4-11(9-10)12-5-6-13-14(12)7-8-15/h2-6,9,15H,7-8H2,1H3. The minimum atomic E-state index is 0.112. The Morgan fingerprint density at radius 2 is 2.20 bits per heavy atom. The molecule has 0 amide bonds. The van der Waals surface area contributed by atoms with Crippen molar-refractivity contribution >= 4 is 0 Å². The van der Waals surface area contributed by atoms with E-state index in [-0.39, 0.29) is 6.61 Å². The van der Waals surface area contributed by atoms with Gasteiger partial charge in [0.15, 0.2) is 0 Å². The Labute approximate surface area is 89.0 Å². The van der Waals surface area contributed by atoms with Gasteiger partial charge in [0.1, 0.15) is 0 Å². The average molecular weight is 202 g/mol. The van der Waals surface area contributed by atoms with E-state index in [4.69, 9.17) is 5.11 Å². The van der Waals surface area contributed by atoms with Crippen LogP contribution in [0.15, 0.2) is 36.5 Å². The van der Waals surface area contributed by atoms with Gasteiger partial charge in [0, 0.05) is 11.8 Å². The zero-order valence-corrected chi connectivity index (χ0v) is 8.72. The van der Waals surface area contributed by atoms with Gasteiger partial charge >= 0.3 is 0 Å². The van der Waals surface area contributed by atoms with Crippen LogP contribution in [-0.2, 0) is 6.54 Å². The number of hydrogen-bond donors (Lipinski definition) is 1. The quantitative estimate of drug-likeness (QED) is 0.824. The summed E-state index contributed by atoms with van der Waals surface area (Å²) in [5, 5.41) is 13.1. The number of aliphatic hydroxyl groups excluding tert-OH is 1. The van der Waals surface area contributed by atoms with E-state index in [2.05, 4.69) is 30.2 Å². The van der Waals surface area contributed by atoms with Crippen LogP contribution in [0, 0.1) is 6.92 Å². The van der Waals surface area contributed by atoms with Gasteiger partial charge in [0.05, 0.1) is 18.8 Å². The van der Waals surface area contributed by atoms with Gasteiger partial charge in [0.25, 0.3) is 0 Å². The van der Waals surface area contributed by atoms with E-state index >= 15 is 0 Å². The Kier molecular flexibility index (Phi) is 2.83. The maximum Gasteiger partial charge on any atom is 0.0683 e. The summed E-state index contributed by atoms with van der Waals surface area (Å²) >= 11 is 0. The van der Waals surface area contributed by atoms with E-state index < -0.39 is 0 Å². The molecule has 0 aliphatic carbocycles. The predicted octanol–water partition coefficient (Wildman–Crippen LogP) is 1.85. The molecule has 1 aromatic carbocycles. The lowest BCUT2D eigenvalue weighted by atomic mass is 10.1. The number of aromatic nitrogens is 2. The summed E-state index contributed by atoms with van der Waals surface area (Å²) in [5.74, 6) is 0. The normalized spacial score (nSPS) is 10.5. The average Bonchev–Trinajstić information content (AvgIpc) is 2.66. The van der Waals surface area contributed by atoms with Crippen LogP contribution in [0.25, 0.3) is 11.3 Å². The lowest BCUT2D eigenvalue weighted by Gasteiger charge is -2.06. The second kappa shape index (κ2) is 4.28. The summed E-state index contributed by atoms with van der Waals surface area (Å²) in [7, 11) is 0. The summed E-state index contributed by atoms with van der Waals surface area (Å²) in [4.78, 5) is 0. The molecular weight excluding hydrogens is 188 g/mol. The van der Waals surface area contributed by atoms with E-state index in [1.165, 1.54) is 5.56 Å². The van der Waals surface area contributed by atoms with Crippen molar-refractivity contribution < 1.29 is 5.11 Å². The highest BCUT2D eigenvalue weighted by Crippen LogP contribution is 2.19. The molecule has 1 heterocycles. The van der Waals surface area contributed by atoms with Crippen LogP contribution in [0.5, 0.6) is 0 Å². The third-order valence-corrected chi connectivity index (χ3v) is 2.34. The Morgan fingerprint density at radius 1 is 1.33 bits per heavy atom. The molecule has 0 aliphatic heterocycles. The molecular formula is C12H14N2O. The van der Waals surface area contributed by atoms with Crippen LogP contribution in [0.2, 0.25) is 0 Å². The molecule has 0 aliphatic rings. The molecule has 0 saturated heterocycles. The number of aryl methyl sites for hydroxylation is 1. The van der Waals surface area contributed by atoms with Gasteiger partial charge in [0.2, 0.25) is 0 Å². The molecule has 2 rings (SSSR count). The maximum absolute atomic E-state index is 8.90. The van der Waals surface area contributed by atoms with E-state index in [0.29, 0.717) is 6.54 Å². The summed E-state index contributed by atoms with van der Waals surface area (Å²) < 4.78 is 1.81. The van der Waals surface area contributed by atoms with Gasteiger partial charge in [-0.1, -0.05) is 23.8 Å². The van der Waals surface area contributed by atoms with Crippen LogP contribution in [0.3, 0.4) is 0 Å². The van der Waals surface area contributed by atoms with Gasteiger partial charge in [-0.2, -0.15) is 5.10 Å². The molecule has 78 valence electrons. The molecule has 0 atom stereocenters. The lowest BCUT2D eigenvalue weighted by Crippen LogP contribution is -2.05. The van der Waals surface area contributed by atoms with E-state index in [1.54, 1.807) is 6.20 Å². The summed E-state index contributed by atoms with van der Waals surface area (Å²) in [5.41, 5.74) is 3.41. The van der Waals surface area contributed by atoms with Crippen molar-refractivity contribution in [3.05, 3.63) is 42.1 Å². The predicted molar refractivity (Wildman–Crippen MR) is 59.5 cm³/mol. The molecule has 0 radical (unpaired) electrons. The molecule has 3 heteroatoms. The molecule has 0 fully saturated rings. The van der Waals surface area contributed by atoms with E-state index in [1.807, 2.05) is 16.8 Å². The molecule has 0 spiro atoms. The highest BCUT2D eigenvalue weighted by molar-refractivity contribution is 5.60. The fraction of sp³-hybridized carbons (Fsp3) is 0.250. The number of hydrogen-bond acceptors (Lipinski definition) is 2. The number of aliphatic hydroxyl groups is 1. The highest BCUT2D eigenvalue weighted by Gasteiger charge is 2.04. The van der Waals surface area contributed by atoms with Gasteiger partial charge in [-0.25, -0.2) is 0 Å². The first-order chi connectivity index (χ1) is 7.31. The topological polar surface area (TPSA) is 38.0 Å². The van der Waals surface area contributed by atoms with Crippen LogP contribution in [-0.4, -0.2) is 21.5 Å². The van der Waals surface area contributed by atoms with Crippen molar-refractivity contribution in [1.29, 1.82) is 0 Å². The first kappa shape index (κ1) is 9.93. The molecule has 3 nitrogen and oxygen atoms in total. The molecule has 1 aromatic heterocycles. The zero-order chi connectivity index (χ0) is 10.7. The van der Waals surface area contributed by atoms with Crippen molar-refractivity contribution in [1.82, 2.24) is 9.78 Å². The van der Waals surface area contributed by atoms with Crippen LogP contribution >= 0.6 is 0 Å². The lowest BCUT2D eigenvalue weighted by molar-refractivity contribution is 0.270. The van der Waals surface area contributed by atoms with Gasteiger partial charge in [-0.05, 0) is 19.1 Å². The first-order valence-corrected chi connectivity index (χ1v) is 5.01. The Hall–Kier alpha value is -1.61. The number of rotatable bonds is 3. The van der Waals surface area contributed by atoms with E-state index in [9.17, 15) is 0 Å². The van der Waals surface area contributed by atoms with Crippen molar-refractivity contribution in [3.63, 3.8) is 0 Å². The van der Waals surface area contributed by atoms with Crippen molar-refractivity contribution in [2.75, 3.05) is 6.61 Å². The second-order valence-corrected chi connectivity index (χ2v) is 3.53. The van der Waals surface area contributed by atoms with Gasteiger partial charge < -0.3 is 5.11 Å². The summed E-state index contributed by atoms with van der Waals surface area (Å²) in [6.07, 6.45) is 1.76. The van der Waals surface area contributed by atoms with Crippen LogP contribution in [0.1, 0.15) is 5.56 Å². The second-order valence-electron chi connectivity index (χ2n) is 3.53. The third kappa shape index (κ3) is 2.07. The minimum Gasteiger partial charge on any atom is -0.394 e. The molecule has 1 N–H and O–H groups in total. The Bertz CT molecular complexity index is 448. The molecule has 15 heavy (non-hydrogen) atoms. The van der Waals surface area contributed by atoms with Crippen molar-refractivity contribution in [2.24, 2.45) is 0 Å². The molecule has 0 unspecified atom stereocenters. The minimum absolute atomic E-state index is 0.112. The van der Waals surface area contributed by atoms with Crippen LogP contribution in [0.4, 0.5) is 0 Å². The number of benzene rings is 1. The Balaban J connectivity index is 2.40. The maximum atomic E-state index is 8.90. The molecule has 0 saturated carbocycles. The van der Waals surface area contributed by atoms with E-state index in [0.717, 1.165) is 11.3 Å². The smallest absolute Gasteiger partial charge is 0.0683 e. The molecule has 0 bridgehead atoms. The number of nitrogens with zero attached hydrogens (tertiary/aromatic N) is 2. The third-order valence-electron chi connectivity index (χ3n) is 2.34. The fourth-order valence-electron chi connectivity index (χ4n) is 1.66. The van der Waals surface area contributed by atoms with Crippen LogP contribution < -0.4 is 0 Å². The monoisotopic (exact) mass is 202 g/mol. The Morgan fingerprint density at radius 3 is 2.93 bits per heavy atom. The highest BCUT2D eigenvalue weighted by atomic mass is 16.3. The summed E-state index contributed by atoms with van der Waals surface area (Å²) in [6.45, 7) is 2.72. The van der Waals surface area contributed by atoms with Crippen molar-refractivity contribution in [2.45, 2.75) is 13.5 Å². The zero-order valence-electron chi connectivity index (χ0n) is 8.72. The first-order valence-electron chi connectivity index (χ1n) is 5.01. The molecule has 2 aromatic rings. The SMILES string of the molecule is Cc1cccc(-c2ccnn2CCO)c1. The van der Waals surface area contributed by atoms with Gasteiger partial charge in [-0.3, -0.25) is 4.68 Å².